The molecule has 0 saturated heterocycles. The minimum absolute atomic E-state index is 0.0898. The van der Waals surface area contributed by atoms with Crippen molar-refractivity contribution in [3.63, 3.8) is 0 Å². The Balaban J connectivity index is 1.92. The predicted molar refractivity (Wildman–Crippen MR) is 131 cm³/mol. The Morgan fingerprint density at radius 2 is 1.41 bits per heavy atom. The van der Waals surface area contributed by atoms with Gasteiger partial charge in [-0.3, -0.25) is 4.79 Å². The second-order valence-corrected chi connectivity index (χ2v) is 12.2. The summed E-state index contributed by atoms with van der Waals surface area (Å²) in [6.07, 6.45) is -4.76. The monoisotopic (exact) mass is 555 g/mol. The number of benzene rings is 3. The fourth-order valence-electron chi connectivity index (χ4n) is 3.30. The maximum Gasteiger partial charge on any atom is 0.416 e. The lowest BCUT2D eigenvalue weighted by Crippen LogP contribution is -2.37. The van der Waals surface area contributed by atoms with Crippen LogP contribution in [0.25, 0.3) is 0 Å². The molecule has 0 radical (unpaired) electrons. The van der Waals surface area contributed by atoms with Gasteiger partial charge in [-0.15, -0.1) is 0 Å². The number of hydrogen-bond donors (Lipinski definition) is 1. The molecule has 0 fully saturated rings. The summed E-state index contributed by atoms with van der Waals surface area (Å²) in [6, 6.07) is 16.9. The highest BCUT2D eigenvalue weighted by Crippen LogP contribution is 2.31. The van der Waals surface area contributed by atoms with E-state index in [-0.39, 0.29) is 17.1 Å². The molecule has 0 aliphatic heterocycles. The number of anilines is 1. The van der Waals surface area contributed by atoms with Crippen LogP contribution < -0.4 is 5.32 Å². The standard InChI is InChI=1S/C24H24F3N3O5S2/c1-29(2)36(32,33)22-13-7-11-20(15-22)28-23(31)17-30(16-18-8-4-3-5-9-18)37(34,35)21-12-6-10-19(14-21)24(25,26)27/h3-15H,16-17H2,1-2H3,(H,28,31). The lowest BCUT2D eigenvalue weighted by molar-refractivity contribution is -0.137. The highest BCUT2D eigenvalue weighted by molar-refractivity contribution is 7.89. The molecule has 37 heavy (non-hydrogen) atoms. The van der Waals surface area contributed by atoms with Crippen molar-refractivity contribution < 1.29 is 34.8 Å². The molecule has 3 rings (SSSR count). The van der Waals surface area contributed by atoms with Crippen LogP contribution in [0, 0.1) is 0 Å². The predicted octanol–water partition coefficient (Wildman–Crippen LogP) is 3.79. The van der Waals surface area contributed by atoms with Gasteiger partial charge in [0.15, 0.2) is 0 Å². The number of carbonyl (C=O) groups excluding carboxylic acids is 1. The number of halogens is 3. The molecule has 1 amide bonds. The molecule has 13 heteroatoms. The molecule has 3 aromatic rings. The fraction of sp³-hybridized carbons (Fsp3) is 0.208. The van der Waals surface area contributed by atoms with Crippen LogP contribution in [0.2, 0.25) is 0 Å². The lowest BCUT2D eigenvalue weighted by Gasteiger charge is -2.22. The summed E-state index contributed by atoms with van der Waals surface area (Å²) in [5.41, 5.74) is -0.536. The second kappa shape index (κ2) is 11.0. The molecule has 0 saturated carbocycles. The number of nitrogens with zero attached hydrogens (tertiary/aromatic N) is 2. The maximum absolute atomic E-state index is 13.4. The Bertz CT molecular complexity index is 1480. The average Bonchev–Trinajstić information content (AvgIpc) is 2.84. The molecule has 0 unspecified atom stereocenters. The first-order valence-electron chi connectivity index (χ1n) is 10.7. The Kier molecular flexibility index (Phi) is 8.42. The van der Waals surface area contributed by atoms with Crippen LogP contribution in [0.15, 0.2) is 88.7 Å². The Hall–Kier alpha value is -3.26. The van der Waals surface area contributed by atoms with Gasteiger partial charge in [-0.1, -0.05) is 42.5 Å². The third kappa shape index (κ3) is 6.95. The molecular formula is C24H24F3N3O5S2. The van der Waals surface area contributed by atoms with Crippen molar-refractivity contribution in [1.82, 2.24) is 8.61 Å². The molecule has 0 aliphatic carbocycles. The Labute approximate surface area is 213 Å². The summed E-state index contributed by atoms with van der Waals surface area (Å²) in [6.45, 7) is -1.03. The minimum Gasteiger partial charge on any atom is -0.325 e. The van der Waals surface area contributed by atoms with Gasteiger partial charge in [-0.2, -0.15) is 17.5 Å². The van der Waals surface area contributed by atoms with E-state index in [2.05, 4.69) is 5.32 Å². The SMILES string of the molecule is CN(C)S(=O)(=O)c1cccc(NC(=O)CN(Cc2ccccc2)S(=O)(=O)c2cccc(C(F)(F)F)c2)c1. The first kappa shape index (κ1) is 28.3. The van der Waals surface area contributed by atoms with Gasteiger partial charge >= 0.3 is 6.18 Å². The number of hydrogen-bond acceptors (Lipinski definition) is 5. The molecule has 0 spiro atoms. The van der Waals surface area contributed by atoms with E-state index in [4.69, 9.17) is 0 Å². The van der Waals surface area contributed by atoms with E-state index in [1.165, 1.54) is 38.4 Å². The van der Waals surface area contributed by atoms with Crippen LogP contribution in [0.1, 0.15) is 11.1 Å². The van der Waals surface area contributed by atoms with Gasteiger partial charge in [-0.25, -0.2) is 21.1 Å². The van der Waals surface area contributed by atoms with E-state index >= 15 is 0 Å². The van der Waals surface area contributed by atoms with Gasteiger partial charge < -0.3 is 5.32 Å². The minimum atomic E-state index is -4.76. The molecule has 1 N–H and O–H groups in total. The van der Waals surface area contributed by atoms with Crippen molar-refractivity contribution in [2.45, 2.75) is 22.5 Å². The third-order valence-corrected chi connectivity index (χ3v) is 8.82. The second-order valence-electron chi connectivity index (χ2n) is 8.15. The summed E-state index contributed by atoms with van der Waals surface area (Å²) in [4.78, 5) is 12.1. The zero-order valence-electron chi connectivity index (χ0n) is 19.8. The number of carbonyl (C=O) groups is 1. The van der Waals surface area contributed by atoms with Crippen LogP contribution >= 0.6 is 0 Å². The first-order chi connectivity index (χ1) is 17.2. The number of nitrogens with one attached hydrogen (secondary N) is 1. The first-order valence-corrected chi connectivity index (χ1v) is 13.6. The molecule has 8 nitrogen and oxygen atoms in total. The molecule has 0 aromatic heterocycles. The van der Waals surface area contributed by atoms with Gasteiger partial charge in [-0.05, 0) is 42.0 Å². The summed E-state index contributed by atoms with van der Waals surface area (Å²) in [5, 5.41) is 2.46. The molecule has 198 valence electrons. The topological polar surface area (TPSA) is 104 Å². The lowest BCUT2D eigenvalue weighted by atomic mass is 10.2. The zero-order valence-corrected chi connectivity index (χ0v) is 21.4. The Morgan fingerprint density at radius 1 is 0.811 bits per heavy atom. The van der Waals surface area contributed by atoms with Crippen molar-refractivity contribution >= 4 is 31.6 Å². The largest absolute Gasteiger partial charge is 0.416 e. The van der Waals surface area contributed by atoms with Crippen LogP contribution in [0.3, 0.4) is 0 Å². The van der Waals surface area contributed by atoms with Crippen LogP contribution in [0.4, 0.5) is 18.9 Å². The quantitative estimate of drug-likeness (QED) is 0.433. The van der Waals surface area contributed by atoms with Crippen molar-refractivity contribution in [2.24, 2.45) is 0 Å². The van der Waals surface area contributed by atoms with Crippen LogP contribution in [-0.4, -0.2) is 52.0 Å². The van der Waals surface area contributed by atoms with Gasteiger partial charge in [0.2, 0.25) is 26.0 Å². The summed E-state index contributed by atoms with van der Waals surface area (Å²) >= 11 is 0. The van der Waals surface area contributed by atoms with Crippen LogP contribution in [-0.2, 0) is 37.6 Å². The zero-order chi connectivity index (χ0) is 27.4. The molecule has 0 heterocycles. The summed E-state index contributed by atoms with van der Waals surface area (Å²) < 4.78 is 92.9. The number of amides is 1. The summed E-state index contributed by atoms with van der Waals surface area (Å²) in [7, 11) is -5.64. The summed E-state index contributed by atoms with van der Waals surface area (Å²) in [5.74, 6) is -0.814. The van der Waals surface area contributed by atoms with Gasteiger partial charge in [0, 0.05) is 26.3 Å². The third-order valence-electron chi connectivity index (χ3n) is 5.22. The molecule has 0 atom stereocenters. The van der Waals surface area contributed by atoms with E-state index in [0.29, 0.717) is 11.6 Å². The van der Waals surface area contributed by atoms with Crippen molar-refractivity contribution in [3.8, 4) is 0 Å². The number of rotatable bonds is 9. The van der Waals surface area contributed by atoms with Gasteiger partial charge in [0.1, 0.15) is 0 Å². The van der Waals surface area contributed by atoms with Gasteiger partial charge in [0.05, 0.1) is 21.9 Å². The average molecular weight is 556 g/mol. The van der Waals surface area contributed by atoms with E-state index in [9.17, 15) is 34.8 Å². The Morgan fingerprint density at radius 3 is 2.00 bits per heavy atom. The van der Waals surface area contributed by atoms with E-state index in [1.807, 2.05) is 0 Å². The van der Waals surface area contributed by atoms with Crippen molar-refractivity contribution in [3.05, 3.63) is 90.0 Å². The molecule has 0 bridgehead atoms. The van der Waals surface area contributed by atoms with E-state index in [1.54, 1.807) is 30.3 Å². The maximum atomic E-state index is 13.4. The smallest absolute Gasteiger partial charge is 0.325 e. The molecular weight excluding hydrogens is 531 g/mol. The van der Waals surface area contributed by atoms with Crippen molar-refractivity contribution in [1.29, 1.82) is 0 Å². The fourth-order valence-corrected chi connectivity index (χ4v) is 5.68. The van der Waals surface area contributed by atoms with Crippen LogP contribution in [0.5, 0.6) is 0 Å². The van der Waals surface area contributed by atoms with E-state index < -0.39 is 49.1 Å². The highest BCUT2D eigenvalue weighted by Gasteiger charge is 2.33. The number of alkyl halides is 3. The van der Waals surface area contributed by atoms with Crippen molar-refractivity contribution in [2.75, 3.05) is 26.0 Å². The van der Waals surface area contributed by atoms with E-state index in [0.717, 1.165) is 26.8 Å². The molecule has 0 aliphatic rings. The molecule has 3 aromatic carbocycles. The number of sulfonamides is 2. The highest BCUT2D eigenvalue weighted by atomic mass is 32.2. The normalized spacial score (nSPS) is 12.6. The van der Waals surface area contributed by atoms with Gasteiger partial charge in [0.25, 0.3) is 0 Å².